The Kier molecular flexibility index (Phi) is 5.85. The number of benzene rings is 1. The molecule has 1 aliphatic carbocycles. The summed E-state index contributed by atoms with van der Waals surface area (Å²) in [7, 11) is 0. The zero-order valence-electron chi connectivity index (χ0n) is 17.0. The van der Waals surface area contributed by atoms with Gasteiger partial charge in [-0.15, -0.1) is 0 Å². The summed E-state index contributed by atoms with van der Waals surface area (Å²) in [5, 5.41) is 6.16. The molecular formula is C22H30N4O3. The van der Waals surface area contributed by atoms with E-state index in [4.69, 9.17) is 4.74 Å². The van der Waals surface area contributed by atoms with Gasteiger partial charge in [-0.1, -0.05) is 25.0 Å². The van der Waals surface area contributed by atoms with E-state index in [2.05, 4.69) is 22.5 Å². The quantitative estimate of drug-likeness (QED) is 0.750. The molecule has 2 heterocycles. The standard InChI is InChI=1S/C22H30N4O3/c1-22(9-4-5-10-22)25-21(28)16-12-17(29-14-16)13-23-20(27)8-11-26-15-24-18-6-2-3-7-19(18)26/h2-3,6-7,15-17H,4-5,8-14H2,1H3,(H,23,27)(H,25,28)/t16-,17-/m0/s1. The third-order valence-electron chi connectivity index (χ3n) is 6.22. The van der Waals surface area contributed by atoms with Crippen LogP contribution in [0.2, 0.25) is 0 Å². The van der Waals surface area contributed by atoms with E-state index in [0.717, 1.165) is 23.9 Å². The third kappa shape index (κ3) is 4.78. The zero-order chi connectivity index (χ0) is 20.3. The fourth-order valence-corrected chi connectivity index (χ4v) is 4.44. The average Bonchev–Trinajstić information content (AvgIpc) is 3.44. The van der Waals surface area contributed by atoms with E-state index in [9.17, 15) is 9.59 Å². The Morgan fingerprint density at radius 1 is 1.28 bits per heavy atom. The molecular weight excluding hydrogens is 368 g/mol. The maximum Gasteiger partial charge on any atom is 0.225 e. The van der Waals surface area contributed by atoms with Gasteiger partial charge in [0, 0.05) is 25.0 Å². The second-order valence-electron chi connectivity index (χ2n) is 8.63. The Morgan fingerprint density at radius 2 is 2.07 bits per heavy atom. The van der Waals surface area contributed by atoms with Crippen molar-refractivity contribution >= 4 is 22.8 Å². The van der Waals surface area contributed by atoms with Crippen LogP contribution in [0.5, 0.6) is 0 Å². The van der Waals surface area contributed by atoms with Crippen LogP contribution < -0.4 is 10.6 Å². The van der Waals surface area contributed by atoms with E-state index < -0.39 is 0 Å². The van der Waals surface area contributed by atoms with Gasteiger partial charge in [0.2, 0.25) is 11.8 Å². The largest absolute Gasteiger partial charge is 0.376 e. The normalized spacial score (nSPS) is 23.3. The Labute approximate surface area is 171 Å². The number of para-hydroxylation sites is 2. The van der Waals surface area contributed by atoms with Gasteiger partial charge >= 0.3 is 0 Å². The van der Waals surface area contributed by atoms with E-state index in [0.29, 0.717) is 32.5 Å². The number of amides is 2. The molecule has 1 saturated carbocycles. The number of rotatable bonds is 7. The number of hydrogen-bond acceptors (Lipinski definition) is 4. The predicted octanol–water partition coefficient (Wildman–Crippen LogP) is 2.40. The van der Waals surface area contributed by atoms with Gasteiger partial charge in [0.05, 0.1) is 36.0 Å². The minimum atomic E-state index is -0.119. The minimum Gasteiger partial charge on any atom is -0.376 e. The summed E-state index contributed by atoms with van der Waals surface area (Å²) in [5.74, 6) is -0.0420. The second kappa shape index (κ2) is 8.53. The summed E-state index contributed by atoms with van der Waals surface area (Å²) in [5.41, 5.74) is 1.91. The van der Waals surface area contributed by atoms with Gasteiger partial charge in [-0.05, 0) is 38.3 Å². The first-order valence-corrected chi connectivity index (χ1v) is 10.6. The van der Waals surface area contributed by atoms with E-state index in [1.807, 2.05) is 28.8 Å². The molecule has 4 rings (SSSR count). The molecule has 2 atom stereocenters. The van der Waals surface area contributed by atoms with Crippen LogP contribution in [-0.2, 0) is 20.9 Å². The number of imidazole rings is 1. The maximum atomic E-state index is 12.5. The summed E-state index contributed by atoms with van der Waals surface area (Å²) in [6.07, 6.45) is 7.19. The Morgan fingerprint density at radius 3 is 2.90 bits per heavy atom. The molecule has 7 heteroatoms. The van der Waals surface area contributed by atoms with Gasteiger partial charge in [0.15, 0.2) is 0 Å². The highest BCUT2D eigenvalue weighted by atomic mass is 16.5. The summed E-state index contributed by atoms with van der Waals surface area (Å²) in [4.78, 5) is 29.1. The highest BCUT2D eigenvalue weighted by Crippen LogP contribution is 2.30. The molecule has 0 unspecified atom stereocenters. The van der Waals surface area contributed by atoms with Crippen molar-refractivity contribution in [3.8, 4) is 0 Å². The molecule has 1 saturated heterocycles. The van der Waals surface area contributed by atoms with Gasteiger partial charge < -0.3 is 19.9 Å². The summed E-state index contributed by atoms with van der Waals surface area (Å²) in [6.45, 7) is 3.60. The van der Waals surface area contributed by atoms with Crippen LogP contribution >= 0.6 is 0 Å². The number of nitrogens with one attached hydrogen (secondary N) is 2. The summed E-state index contributed by atoms with van der Waals surface area (Å²) < 4.78 is 7.74. The van der Waals surface area contributed by atoms with E-state index in [-0.39, 0.29) is 29.4 Å². The van der Waals surface area contributed by atoms with Crippen molar-refractivity contribution < 1.29 is 14.3 Å². The van der Waals surface area contributed by atoms with Crippen LogP contribution in [0.4, 0.5) is 0 Å². The van der Waals surface area contributed by atoms with Gasteiger partial charge in [0.25, 0.3) is 0 Å². The van der Waals surface area contributed by atoms with Crippen LogP contribution in [0.3, 0.4) is 0 Å². The molecule has 0 radical (unpaired) electrons. The molecule has 1 aromatic carbocycles. The molecule has 1 aliphatic heterocycles. The molecule has 29 heavy (non-hydrogen) atoms. The average molecular weight is 399 g/mol. The lowest BCUT2D eigenvalue weighted by Crippen LogP contribution is -2.46. The number of aryl methyl sites for hydroxylation is 1. The molecule has 2 aromatic rings. The number of fused-ring (bicyclic) bond motifs is 1. The molecule has 2 aliphatic rings. The lowest BCUT2D eigenvalue weighted by molar-refractivity contribution is -0.126. The lowest BCUT2D eigenvalue weighted by Gasteiger charge is -2.26. The van der Waals surface area contributed by atoms with Crippen molar-refractivity contribution in [2.24, 2.45) is 5.92 Å². The molecule has 1 aromatic heterocycles. The van der Waals surface area contributed by atoms with Crippen LogP contribution in [0.25, 0.3) is 11.0 Å². The van der Waals surface area contributed by atoms with Gasteiger partial charge in [-0.2, -0.15) is 0 Å². The van der Waals surface area contributed by atoms with Crippen LogP contribution in [0.1, 0.15) is 45.4 Å². The van der Waals surface area contributed by atoms with Crippen molar-refractivity contribution in [2.45, 2.75) is 63.6 Å². The van der Waals surface area contributed by atoms with E-state index >= 15 is 0 Å². The highest BCUT2D eigenvalue weighted by Gasteiger charge is 2.36. The molecule has 2 N–H and O–H groups in total. The van der Waals surface area contributed by atoms with Crippen LogP contribution in [-0.4, -0.2) is 46.2 Å². The summed E-state index contributed by atoms with van der Waals surface area (Å²) in [6, 6.07) is 7.89. The number of aromatic nitrogens is 2. The fourth-order valence-electron chi connectivity index (χ4n) is 4.44. The predicted molar refractivity (Wildman–Crippen MR) is 110 cm³/mol. The molecule has 2 fully saturated rings. The first-order chi connectivity index (χ1) is 14.0. The van der Waals surface area contributed by atoms with E-state index in [1.54, 1.807) is 6.33 Å². The van der Waals surface area contributed by atoms with Crippen LogP contribution in [0.15, 0.2) is 30.6 Å². The van der Waals surface area contributed by atoms with Crippen molar-refractivity contribution in [1.29, 1.82) is 0 Å². The summed E-state index contributed by atoms with van der Waals surface area (Å²) >= 11 is 0. The molecule has 7 nitrogen and oxygen atoms in total. The second-order valence-corrected chi connectivity index (χ2v) is 8.63. The fraction of sp³-hybridized carbons (Fsp3) is 0.591. The number of hydrogen-bond donors (Lipinski definition) is 2. The van der Waals surface area contributed by atoms with Crippen molar-refractivity contribution in [3.05, 3.63) is 30.6 Å². The molecule has 0 bridgehead atoms. The maximum absolute atomic E-state index is 12.5. The molecule has 0 spiro atoms. The monoisotopic (exact) mass is 398 g/mol. The number of ether oxygens (including phenoxy) is 1. The molecule has 2 amide bonds. The number of carbonyl (C=O) groups is 2. The van der Waals surface area contributed by atoms with Gasteiger partial charge in [-0.25, -0.2) is 4.98 Å². The highest BCUT2D eigenvalue weighted by molar-refractivity contribution is 5.80. The van der Waals surface area contributed by atoms with Gasteiger partial charge in [0.1, 0.15) is 0 Å². The lowest BCUT2D eigenvalue weighted by atomic mass is 9.97. The third-order valence-corrected chi connectivity index (χ3v) is 6.22. The van der Waals surface area contributed by atoms with Crippen molar-refractivity contribution in [1.82, 2.24) is 20.2 Å². The van der Waals surface area contributed by atoms with Gasteiger partial charge in [-0.3, -0.25) is 9.59 Å². The minimum absolute atomic E-state index is 0.0160. The smallest absolute Gasteiger partial charge is 0.225 e. The Hall–Kier alpha value is -2.41. The first kappa shape index (κ1) is 19.9. The zero-order valence-corrected chi connectivity index (χ0v) is 17.0. The topological polar surface area (TPSA) is 85.3 Å². The molecule has 156 valence electrons. The Balaban J connectivity index is 1.18. The number of nitrogens with zero attached hydrogens (tertiary/aromatic N) is 2. The Bertz CT molecular complexity index is 872. The van der Waals surface area contributed by atoms with Crippen molar-refractivity contribution in [2.75, 3.05) is 13.2 Å². The van der Waals surface area contributed by atoms with E-state index in [1.165, 1.54) is 12.8 Å². The first-order valence-electron chi connectivity index (χ1n) is 10.6. The number of carbonyl (C=O) groups excluding carboxylic acids is 2. The van der Waals surface area contributed by atoms with Crippen molar-refractivity contribution in [3.63, 3.8) is 0 Å². The van der Waals surface area contributed by atoms with Crippen LogP contribution in [0, 0.1) is 5.92 Å². The SMILES string of the molecule is CC1(NC(=O)[C@@H]2CO[C@H](CNC(=O)CCn3cnc4ccccc43)C2)CCCC1.